The van der Waals surface area contributed by atoms with Gasteiger partial charge in [-0.2, -0.15) is 0 Å². The summed E-state index contributed by atoms with van der Waals surface area (Å²) in [5, 5.41) is 2.85. The van der Waals surface area contributed by atoms with E-state index in [-0.39, 0.29) is 11.7 Å². The molecule has 2 saturated heterocycles. The van der Waals surface area contributed by atoms with E-state index >= 15 is 0 Å². The van der Waals surface area contributed by atoms with Gasteiger partial charge >= 0.3 is 0 Å². The number of imide groups is 1. The summed E-state index contributed by atoms with van der Waals surface area (Å²) < 4.78 is 13.7. The zero-order valence-electron chi connectivity index (χ0n) is 14.4. The summed E-state index contributed by atoms with van der Waals surface area (Å²) in [5.74, 6) is -2.97. The number of nitrogens with zero attached hydrogens (tertiary/aromatic N) is 1. The molecule has 5 nitrogen and oxygen atoms in total. The van der Waals surface area contributed by atoms with Gasteiger partial charge in [-0.05, 0) is 42.5 Å². The molecule has 0 saturated carbocycles. The van der Waals surface area contributed by atoms with E-state index in [1.54, 1.807) is 47.4 Å². The molecule has 0 radical (unpaired) electrons. The van der Waals surface area contributed by atoms with Crippen molar-refractivity contribution in [2.45, 2.75) is 12.1 Å². The molecular weight excluding hydrogens is 383 g/mol. The number of halogens is 2. The average molecular weight is 397 g/mol. The average Bonchev–Trinajstić information content (AvgIpc) is 3.17. The van der Waals surface area contributed by atoms with Crippen LogP contribution in [0.4, 0.5) is 10.1 Å². The van der Waals surface area contributed by atoms with E-state index < -0.39 is 35.6 Å². The Kier molecular flexibility index (Phi) is 3.67. The van der Waals surface area contributed by atoms with Gasteiger partial charge in [0.25, 0.3) is 0 Å². The maximum absolute atomic E-state index is 13.7. The number of hydrogen-bond acceptors (Lipinski definition) is 4. The lowest BCUT2D eigenvalue weighted by molar-refractivity contribution is -0.126. The maximum Gasteiger partial charge on any atom is 0.233 e. The van der Waals surface area contributed by atoms with E-state index in [9.17, 15) is 18.8 Å². The molecule has 3 aliphatic rings. The van der Waals surface area contributed by atoms with E-state index in [4.69, 9.17) is 11.6 Å². The van der Waals surface area contributed by atoms with Crippen LogP contribution in [0.3, 0.4) is 0 Å². The lowest BCUT2D eigenvalue weighted by Gasteiger charge is -2.35. The zero-order chi connectivity index (χ0) is 19.6. The number of carbonyl (C=O) groups excluding carboxylic acids is 3. The Labute approximate surface area is 164 Å². The van der Waals surface area contributed by atoms with Crippen LogP contribution in [-0.2, 0) is 9.59 Å². The maximum atomic E-state index is 13.7. The Morgan fingerprint density at radius 3 is 2.50 bits per heavy atom. The van der Waals surface area contributed by atoms with Gasteiger partial charge in [0.05, 0.1) is 17.9 Å². The van der Waals surface area contributed by atoms with Gasteiger partial charge in [0.2, 0.25) is 11.8 Å². The van der Waals surface area contributed by atoms with E-state index in [2.05, 4.69) is 5.32 Å². The summed E-state index contributed by atoms with van der Waals surface area (Å²) in [7, 11) is 0. The number of rotatable bonds is 2. The molecule has 3 aliphatic heterocycles. The van der Waals surface area contributed by atoms with Crippen molar-refractivity contribution in [2.75, 3.05) is 4.90 Å². The highest BCUT2D eigenvalue weighted by atomic mass is 35.5. The molecule has 5 rings (SSSR count). The normalized spacial score (nSPS) is 27.3. The highest BCUT2D eigenvalue weighted by Gasteiger charge is 2.61. The summed E-state index contributed by atoms with van der Waals surface area (Å²) in [6, 6.07) is 9.40. The highest BCUT2D eigenvalue weighted by molar-refractivity contribution is 6.30. The van der Waals surface area contributed by atoms with Crippen molar-refractivity contribution in [1.29, 1.82) is 0 Å². The van der Waals surface area contributed by atoms with Crippen LogP contribution in [0.5, 0.6) is 0 Å². The van der Waals surface area contributed by atoms with Gasteiger partial charge in [-0.15, -0.1) is 0 Å². The minimum Gasteiger partial charge on any atom is -0.352 e. The fourth-order valence-corrected chi connectivity index (χ4v) is 4.67. The van der Waals surface area contributed by atoms with Crippen LogP contribution < -0.4 is 10.2 Å². The van der Waals surface area contributed by atoms with Crippen molar-refractivity contribution < 1.29 is 18.8 Å². The molecule has 2 amide bonds. The summed E-state index contributed by atoms with van der Waals surface area (Å²) in [6.07, 6.45) is 3.51. The van der Waals surface area contributed by atoms with Gasteiger partial charge < -0.3 is 4.90 Å². The van der Waals surface area contributed by atoms with Crippen molar-refractivity contribution in [1.82, 2.24) is 5.32 Å². The van der Waals surface area contributed by atoms with Crippen LogP contribution >= 0.6 is 11.6 Å². The molecule has 28 heavy (non-hydrogen) atoms. The quantitative estimate of drug-likeness (QED) is 0.626. The molecule has 3 heterocycles. The number of carbonyl (C=O) groups is 3. The van der Waals surface area contributed by atoms with E-state index in [0.29, 0.717) is 21.8 Å². The van der Waals surface area contributed by atoms with E-state index in [1.807, 2.05) is 0 Å². The highest BCUT2D eigenvalue weighted by Crippen LogP contribution is 2.47. The molecular formula is C21H14ClFN2O3. The number of fused-ring (bicyclic) bond motifs is 5. The minimum absolute atomic E-state index is 0.274. The lowest BCUT2D eigenvalue weighted by Crippen LogP contribution is -2.47. The first-order valence-electron chi connectivity index (χ1n) is 8.86. The van der Waals surface area contributed by atoms with Gasteiger partial charge in [-0.1, -0.05) is 23.8 Å². The smallest absolute Gasteiger partial charge is 0.233 e. The Hall–Kier alpha value is -2.99. The van der Waals surface area contributed by atoms with E-state index in [0.717, 1.165) is 0 Å². The molecule has 2 fully saturated rings. The molecule has 4 atom stereocenters. The fourth-order valence-electron chi connectivity index (χ4n) is 4.55. The standard InChI is InChI=1S/C21H14ClFN2O3/c22-12-4-1-10(2-5-12)19(26)18-17-16(20(27)24-21(17)28)15-7-3-11-9-13(23)6-8-14(11)25(15)18/h1-9,15-18H,(H,24,27,28)/t15-,16+,17-,18+/m1/s1. The fraction of sp³-hybridized carbons (Fsp3) is 0.190. The molecule has 7 heteroatoms. The van der Waals surface area contributed by atoms with Gasteiger partial charge in [0.15, 0.2) is 5.78 Å². The second-order valence-corrected chi connectivity index (χ2v) is 7.62. The third-order valence-corrected chi connectivity index (χ3v) is 5.96. The van der Waals surface area contributed by atoms with Crippen LogP contribution in [0.15, 0.2) is 48.5 Å². The van der Waals surface area contributed by atoms with E-state index in [1.165, 1.54) is 12.1 Å². The molecule has 0 spiro atoms. The van der Waals surface area contributed by atoms with Crippen LogP contribution in [0.2, 0.25) is 5.02 Å². The van der Waals surface area contributed by atoms with Crippen molar-refractivity contribution in [3.05, 3.63) is 70.5 Å². The molecule has 1 N–H and O–H groups in total. The number of benzene rings is 2. The SMILES string of the molecule is O=C1NC(=O)[C@@H]2[C@@H]1[C@H]1C=Cc3cc(F)ccc3N1[C@@H]2C(=O)c1ccc(Cl)cc1. The summed E-state index contributed by atoms with van der Waals surface area (Å²) in [6.45, 7) is 0. The number of anilines is 1. The monoisotopic (exact) mass is 396 g/mol. The third-order valence-electron chi connectivity index (χ3n) is 5.71. The topological polar surface area (TPSA) is 66.5 Å². The molecule has 0 aromatic heterocycles. The number of hydrogen-bond donors (Lipinski definition) is 1. The predicted molar refractivity (Wildman–Crippen MR) is 101 cm³/mol. The minimum atomic E-state index is -0.864. The summed E-state index contributed by atoms with van der Waals surface area (Å²) in [5.41, 5.74) is 1.65. The Morgan fingerprint density at radius 1 is 1.04 bits per heavy atom. The van der Waals surface area contributed by atoms with Crippen LogP contribution in [-0.4, -0.2) is 29.7 Å². The second-order valence-electron chi connectivity index (χ2n) is 7.18. The number of amides is 2. The van der Waals surface area contributed by atoms with Gasteiger partial charge in [0, 0.05) is 21.8 Å². The first-order valence-corrected chi connectivity index (χ1v) is 9.24. The van der Waals surface area contributed by atoms with Crippen LogP contribution in [0, 0.1) is 17.7 Å². The Morgan fingerprint density at radius 2 is 1.75 bits per heavy atom. The number of nitrogens with one attached hydrogen (secondary N) is 1. The molecule has 0 unspecified atom stereocenters. The zero-order valence-corrected chi connectivity index (χ0v) is 15.2. The number of Topliss-reactive ketones (excluding diaryl/α,β-unsaturated/α-hetero) is 1. The van der Waals surface area contributed by atoms with Crippen molar-refractivity contribution >= 4 is 41.0 Å². The lowest BCUT2D eigenvalue weighted by atomic mass is 9.86. The molecule has 2 aromatic rings. The van der Waals surface area contributed by atoms with Gasteiger partial charge in [-0.25, -0.2) is 4.39 Å². The van der Waals surface area contributed by atoms with Crippen molar-refractivity contribution in [3.8, 4) is 0 Å². The van der Waals surface area contributed by atoms with Gasteiger partial charge in [0.1, 0.15) is 11.9 Å². The summed E-state index contributed by atoms with van der Waals surface area (Å²) >= 11 is 5.92. The Bertz CT molecular complexity index is 1070. The van der Waals surface area contributed by atoms with Crippen molar-refractivity contribution in [3.63, 3.8) is 0 Å². The second kappa shape index (κ2) is 6.01. The first kappa shape index (κ1) is 17.1. The van der Waals surface area contributed by atoms with Gasteiger partial charge in [-0.3, -0.25) is 19.7 Å². The predicted octanol–water partition coefficient (Wildman–Crippen LogP) is 2.83. The van der Waals surface area contributed by atoms with Crippen LogP contribution in [0.1, 0.15) is 15.9 Å². The third kappa shape index (κ3) is 2.34. The number of ketones is 1. The Balaban J connectivity index is 1.66. The van der Waals surface area contributed by atoms with Crippen LogP contribution in [0.25, 0.3) is 6.08 Å². The molecule has 0 aliphatic carbocycles. The molecule has 140 valence electrons. The molecule has 2 aromatic carbocycles. The largest absolute Gasteiger partial charge is 0.352 e. The van der Waals surface area contributed by atoms with Crippen molar-refractivity contribution in [2.24, 2.45) is 11.8 Å². The summed E-state index contributed by atoms with van der Waals surface area (Å²) in [4.78, 5) is 40.2. The molecule has 0 bridgehead atoms. The first-order chi connectivity index (χ1) is 13.5.